The Morgan fingerprint density at radius 3 is 2.52 bits per heavy atom. The van der Waals surface area contributed by atoms with Gasteiger partial charge in [0, 0.05) is 6.61 Å². The van der Waals surface area contributed by atoms with E-state index in [4.69, 9.17) is 4.74 Å². The van der Waals surface area contributed by atoms with Crippen molar-refractivity contribution >= 4 is 0 Å². The summed E-state index contributed by atoms with van der Waals surface area (Å²) in [7, 11) is 0. The van der Waals surface area contributed by atoms with E-state index in [0.717, 1.165) is 37.9 Å². The third kappa shape index (κ3) is 6.35. The molecule has 126 valence electrons. The minimum atomic E-state index is 0.730. The minimum absolute atomic E-state index is 0.730. The van der Waals surface area contributed by atoms with Gasteiger partial charge in [0.25, 0.3) is 0 Å². The minimum Gasteiger partial charge on any atom is -0.377 e. The second-order valence-corrected chi connectivity index (χ2v) is 6.75. The van der Waals surface area contributed by atoms with Crippen molar-refractivity contribution in [1.29, 1.82) is 0 Å². The molecular weight excluding hydrogens is 280 g/mol. The molecule has 1 aliphatic carbocycles. The summed E-state index contributed by atoms with van der Waals surface area (Å²) in [4.78, 5) is 0. The molecule has 0 saturated heterocycles. The van der Waals surface area contributed by atoms with Crippen molar-refractivity contribution in [2.24, 2.45) is 5.92 Å². The van der Waals surface area contributed by atoms with Crippen LogP contribution in [0.2, 0.25) is 0 Å². The maximum Gasteiger partial charge on any atom is 0.0716 e. The smallest absolute Gasteiger partial charge is 0.0716 e. The quantitative estimate of drug-likeness (QED) is 0.378. The summed E-state index contributed by atoms with van der Waals surface area (Å²) in [6.45, 7) is 7.41. The lowest BCUT2D eigenvalue weighted by Crippen LogP contribution is -2.12. The first-order chi connectivity index (χ1) is 11.3. The summed E-state index contributed by atoms with van der Waals surface area (Å²) in [6, 6.07) is 9.13. The summed E-state index contributed by atoms with van der Waals surface area (Å²) in [6.07, 6.45) is 15.3. The van der Waals surface area contributed by atoms with Gasteiger partial charge in [0.05, 0.1) is 6.61 Å². The molecule has 0 bridgehead atoms. The average Bonchev–Trinajstić information content (AvgIpc) is 2.61. The predicted octanol–water partition coefficient (Wildman–Crippen LogP) is 6.41. The van der Waals surface area contributed by atoms with Crippen LogP contribution in [0.4, 0.5) is 0 Å². The summed E-state index contributed by atoms with van der Waals surface area (Å²) < 4.78 is 5.70. The number of unbranched alkanes of at least 4 members (excludes halogenated alkanes) is 1. The van der Waals surface area contributed by atoms with Crippen LogP contribution in [0.1, 0.15) is 68.9 Å². The van der Waals surface area contributed by atoms with Gasteiger partial charge in [-0.2, -0.15) is 0 Å². The van der Waals surface area contributed by atoms with E-state index in [0.29, 0.717) is 0 Å². The average molecular weight is 312 g/mol. The fraction of sp³-hybridized carbons (Fsp3) is 0.545. The van der Waals surface area contributed by atoms with Crippen molar-refractivity contribution in [1.82, 2.24) is 0 Å². The largest absolute Gasteiger partial charge is 0.377 e. The molecule has 2 rings (SSSR count). The van der Waals surface area contributed by atoms with E-state index in [-0.39, 0.29) is 0 Å². The molecule has 0 spiro atoms. The van der Waals surface area contributed by atoms with Gasteiger partial charge >= 0.3 is 0 Å². The Balaban J connectivity index is 1.73. The van der Waals surface area contributed by atoms with Crippen LogP contribution in [-0.2, 0) is 11.3 Å². The SMILES string of the molecule is C=CCCCOCc1ccc(C2CCC(CC=CC)CC2)cc1. The Kier molecular flexibility index (Phi) is 8.17. The van der Waals surface area contributed by atoms with Crippen LogP contribution < -0.4 is 0 Å². The highest BCUT2D eigenvalue weighted by Crippen LogP contribution is 2.37. The molecule has 23 heavy (non-hydrogen) atoms. The van der Waals surface area contributed by atoms with E-state index >= 15 is 0 Å². The number of allylic oxidation sites excluding steroid dienone is 3. The van der Waals surface area contributed by atoms with E-state index in [1.54, 1.807) is 0 Å². The number of hydrogen-bond donors (Lipinski definition) is 0. The van der Waals surface area contributed by atoms with Crippen molar-refractivity contribution in [2.45, 2.75) is 64.4 Å². The summed E-state index contributed by atoms with van der Waals surface area (Å²) >= 11 is 0. The maximum absolute atomic E-state index is 5.70. The van der Waals surface area contributed by atoms with Crippen LogP contribution in [0.25, 0.3) is 0 Å². The Hall–Kier alpha value is -1.34. The molecule has 0 unspecified atom stereocenters. The van der Waals surface area contributed by atoms with E-state index in [1.807, 2.05) is 6.08 Å². The molecule has 1 nitrogen and oxygen atoms in total. The Labute approximate surface area is 142 Å². The molecule has 1 saturated carbocycles. The lowest BCUT2D eigenvalue weighted by Gasteiger charge is -2.28. The number of benzene rings is 1. The lowest BCUT2D eigenvalue weighted by atomic mass is 9.77. The highest BCUT2D eigenvalue weighted by molar-refractivity contribution is 5.25. The first kappa shape index (κ1) is 18.0. The van der Waals surface area contributed by atoms with Crippen molar-refractivity contribution in [3.05, 3.63) is 60.2 Å². The molecule has 1 aromatic rings. The highest BCUT2D eigenvalue weighted by atomic mass is 16.5. The first-order valence-corrected chi connectivity index (χ1v) is 9.22. The third-order valence-corrected chi connectivity index (χ3v) is 4.97. The molecule has 1 heteroatoms. The predicted molar refractivity (Wildman–Crippen MR) is 99.7 cm³/mol. The zero-order valence-electron chi connectivity index (χ0n) is 14.7. The van der Waals surface area contributed by atoms with Gasteiger partial charge in [0.2, 0.25) is 0 Å². The summed E-state index contributed by atoms with van der Waals surface area (Å²) in [5, 5.41) is 0. The summed E-state index contributed by atoms with van der Waals surface area (Å²) in [5.41, 5.74) is 2.80. The lowest BCUT2D eigenvalue weighted by molar-refractivity contribution is 0.119. The maximum atomic E-state index is 5.70. The van der Waals surface area contributed by atoms with Gasteiger partial charge < -0.3 is 4.74 Å². The van der Waals surface area contributed by atoms with Crippen molar-refractivity contribution in [3.8, 4) is 0 Å². The fourth-order valence-electron chi connectivity index (χ4n) is 3.47. The highest BCUT2D eigenvalue weighted by Gasteiger charge is 2.21. The van der Waals surface area contributed by atoms with Crippen molar-refractivity contribution in [2.75, 3.05) is 6.61 Å². The van der Waals surface area contributed by atoms with E-state index < -0.39 is 0 Å². The van der Waals surface area contributed by atoms with Crippen LogP contribution >= 0.6 is 0 Å². The monoisotopic (exact) mass is 312 g/mol. The van der Waals surface area contributed by atoms with Crippen LogP contribution in [0.15, 0.2) is 49.1 Å². The molecule has 1 aliphatic rings. The Morgan fingerprint density at radius 2 is 1.87 bits per heavy atom. The normalized spacial score (nSPS) is 21.6. The Bertz CT molecular complexity index is 463. The first-order valence-electron chi connectivity index (χ1n) is 9.22. The van der Waals surface area contributed by atoms with Crippen molar-refractivity contribution in [3.63, 3.8) is 0 Å². The molecule has 0 aliphatic heterocycles. The second kappa shape index (κ2) is 10.4. The van der Waals surface area contributed by atoms with Gasteiger partial charge in [0.1, 0.15) is 0 Å². The van der Waals surface area contributed by atoms with Crippen molar-refractivity contribution < 1.29 is 4.74 Å². The van der Waals surface area contributed by atoms with Gasteiger partial charge in [-0.25, -0.2) is 0 Å². The van der Waals surface area contributed by atoms with E-state index in [2.05, 4.69) is 49.9 Å². The van der Waals surface area contributed by atoms with Crippen LogP contribution in [0, 0.1) is 5.92 Å². The van der Waals surface area contributed by atoms with Gasteiger partial charge in [-0.05, 0) is 74.8 Å². The molecular formula is C22H32O. The van der Waals surface area contributed by atoms with Crippen LogP contribution in [0.5, 0.6) is 0 Å². The van der Waals surface area contributed by atoms with Crippen LogP contribution in [-0.4, -0.2) is 6.61 Å². The zero-order valence-corrected chi connectivity index (χ0v) is 14.7. The standard InChI is InChI=1S/C22H32O/c1-3-5-7-17-23-18-20-11-15-22(16-12-20)21-13-9-19(10-14-21)8-6-4-2/h3-4,6,11-12,15-16,19,21H,1,5,7-10,13-14,17-18H2,2H3. The van der Waals surface area contributed by atoms with Gasteiger partial charge in [0.15, 0.2) is 0 Å². The molecule has 0 atom stereocenters. The molecule has 0 amide bonds. The summed E-state index contributed by atoms with van der Waals surface area (Å²) in [5.74, 6) is 1.67. The molecule has 0 aromatic heterocycles. The Morgan fingerprint density at radius 1 is 1.13 bits per heavy atom. The third-order valence-electron chi connectivity index (χ3n) is 4.97. The van der Waals surface area contributed by atoms with Gasteiger partial charge in [-0.3, -0.25) is 0 Å². The fourth-order valence-corrected chi connectivity index (χ4v) is 3.47. The molecule has 1 fully saturated rings. The van der Waals surface area contributed by atoms with Gasteiger partial charge in [-0.15, -0.1) is 6.58 Å². The number of hydrogen-bond acceptors (Lipinski definition) is 1. The molecule has 1 aromatic carbocycles. The van der Waals surface area contributed by atoms with Crippen LogP contribution in [0.3, 0.4) is 0 Å². The van der Waals surface area contributed by atoms with Gasteiger partial charge in [-0.1, -0.05) is 42.5 Å². The number of rotatable bonds is 9. The second-order valence-electron chi connectivity index (χ2n) is 6.75. The molecule has 0 heterocycles. The van der Waals surface area contributed by atoms with E-state index in [9.17, 15) is 0 Å². The zero-order chi connectivity index (χ0) is 16.3. The molecule has 0 radical (unpaired) electrons. The molecule has 0 N–H and O–H groups in total. The topological polar surface area (TPSA) is 9.23 Å². The number of ether oxygens (including phenoxy) is 1. The van der Waals surface area contributed by atoms with E-state index in [1.165, 1.54) is 43.2 Å².